The molecule has 19 heavy (non-hydrogen) atoms. The molecule has 5 heteroatoms. The molecule has 5 nitrogen and oxygen atoms in total. The highest BCUT2D eigenvalue weighted by Gasteiger charge is 2.20. The summed E-state index contributed by atoms with van der Waals surface area (Å²) >= 11 is 0. The van der Waals surface area contributed by atoms with Gasteiger partial charge in [0.15, 0.2) is 11.5 Å². The van der Waals surface area contributed by atoms with Crippen molar-refractivity contribution in [3.05, 3.63) is 17.7 Å². The van der Waals surface area contributed by atoms with Gasteiger partial charge in [-0.1, -0.05) is 6.92 Å². The van der Waals surface area contributed by atoms with Crippen LogP contribution in [-0.4, -0.2) is 39.6 Å². The average Bonchev–Trinajstić information content (AvgIpc) is 2.45. The van der Waals surface area contributed by atoms with Crippen LogP contribution in [0.25, 0.3) is 0 Å². The molecule has 0 aliphatic heterocycles. The fourth-order valence-electron chi connectivity index (χ4n) is 1.82. The van der Waals surface area contributed by atoms with Gasteiger partial charge in [-0.15, -0.1) is 0 Å². The van der Waals surface area contributed by atoms with Gasteiger partial charge in [-0.2, -0.15) is 0 Å². The van der Waals surface area contributed by atoms with E-state index in [1.807, 2.05) is 6.92 Å². The minimum Gasteiger partial charge on any atom is -0.493 e. The van der Waals surface area contributed by atoms with Crippen LogP contribution in [0.5, 0.6) is 17.2 Å². The molecule has 0 radical (unpaired) electrons. The molecule has 0 amide bonds. The lowest BCUT2D eigenvalue weighted by Gasteiger charge is -2.19. The highest BCUT2D eigenvalue weighted by atomic mass is 16.5. The first-order valence-corrected chi connectivity index (χ1v) is 6.24. The maximum absolute atomic E-state index is 10.1. The van der Waals surface area contributed by atoms with Crippen molar-refractivity contribution in [2.45, 2.75) is 19.4 Å². The van der Waals surface area contributed by atoms with Crippen LogP contribution in [0, 0.1) is 0 Å². The van der Waals surface area contributed by atoms with E-state index < -0.39 is 6.10 Å². The third-order valence-corrected chi connectivity index (χ3v) is 2.72. The Hall–Kier alpha value is -1.46. The van der Waals surface area contributed by atoms with Crippen molar-refractivity contribution >= 4 is 0 Å². The van der Waals surface area contributed by atoms with Crippen molar-refractivity contribution in [1.29, 1.82) is 0 Å². The topological polar surface area (TPSA) is 57.2 Å². The fraction of sp³-hybridized carbons (Fsp3) is 0.571. The Morgan fingerprint density at radius 1 is 1.05 bits per heavy atom. The lowest BCUT2D eigenvalue weighted by molar-refractivity contribution is 0.0350. The van der Waals surface area contributed by atoms with Crippen LogP contribution in [0.4, 0.5) is 0 Å². The van der Waals surface area contributed by atoms with Gasteiger partial charge < -0.3 is 24.1 Å². The number of benzene rings is 1. The lowest BCUT2D eigenvalue weighted by atomic mass is 10.1. The second kappa shape index (κ2) is 7.86. The summed E-state index contributed by atoms with van der Waals surface area (Å²) in [6.07, 6.45) is 0.150. The molecule has 1 aromatic carbocycles. The Bertz CT molecular complexity index is 392. The number of hydrogen-bond donors (Lipinski definition) is 1. The number of hydrogen-bond acceptors (Lipinski definition) is 5. The first kappa shape index (κ1) is 15.6. The van der Waals surface area contributed by atoms with Crippen LogP contribution in [-0.2, 0) is 4.74 Å². The highest BCUT2D eigenvalue weighted by molar-refractivity contribution is 5.56. The summed E-state index contributed by atoms with van der Waals surface area (Å²) in [5.41, 5.74) is 0.622. The van der Waals surface area contributed by atoms with Crippen molar-refractivity contribution in [3.63, 3.8) is 0 Å². The zero-order valence-electron chi connectivity index (χ0n) is 11.9. The largest absolute Gasteiger partial charge is 0.493 e. The number of rotatable bonds is 8. The monoisotopic (exact) mass is 270 g/mol. The minimum absolute atomic E-state index is 0.222. The molecule has 0 heterocycles. The maximum atomic E-state index is 10.1. The van der Waals surface area contributed by atoms with Gasteiger partial charge in [0.25, 0.3) is 0 Å². The van der Waals surface area contributed by atoms with E-state index in [2.05, 4.69) is 0 Å². The van der Waals surface area contributed by atoms with Crippen LogP contribution >= 0.6 is 0 Å². The summed E-state index contributed by atoms with van der Waals surface area (Å²) < 4.78 is 21.1. The van der Waals surface area contributed by atoms with E-state index in [1.54, 1.807) is 19.2 Å². The molecule has 0 fully saturated rings. The third-order valence-electron chi connectivity index (χ3n) is 2.72. The molecule has 108 valence electrons. The number of ether oxygens (including phenoxy) is 4. The van der Waals surface area contributed by atoms with Gasteiger partial charge in [0, 0.05) is 12.2 Å². The molecule has 0 aromatic heterocycles. The predicted octanol–water partition coefficient (Wildman–Crippen LogP) is 2.17. The standard InChI is InChI=1S/C14H22O5/c1-5-8-19-9-11(15)10-6-7-12(16-2)14(18-4)13(10)17-3/h6-7,11,15H,5,8-9H2,1-4H3. The summed E-state index contributed by atoms with van der Waals surface area (Å²) in [4.78, 5) is 0. The van der Waals surface area contributed by atoms with Crippen LogP contribution in [0.15, 0.2) is 12.1 Å². The third kappa shape index (κ3) is 3.75. The van der Waals surface area contributed by atoms with Crippen LogP contribution in [0.3, 0.4) is 0 Å². The molecule has 1 unspecified atom stereocenters. The number of aliphatic hydroxyl groups excluding tert-OH is 1. The van der Waals surface area contributed by atoms with E-state index in [-0.39, 0.29) is 6.61 Å². The molecule has 0 bridgehead atoms. The van der Waals surface area contributed by atoms with Gasteiger partial charge in [0.05, 0.1) is 27.9 Å². The second-order valence-corrected chi connectivity index (χ2v) is 4.01. The van der Waals surface area contributed by atoms with Crippen molar-refractivity contribution in [2.24, 2.45) is 0 Å². The molecule has 1 N–H and O–H groups in total. The van der Waals surface area contributed by atoms with Gasteiger partial charge in [-0.25, -0.2) is 0 Å². The van der Waals surface area contributed by atoms with Crippen molar-refractivity contribution in [1.82, 2.24) is 0 Å². The van der Waals surface area contributed by atoms with Gasteiger partial charge in [0.1, 0.15) is 6.10 Å². The molecule has 0 spiro atoms. The smallest absolute Gasteiger partial charge is 0.203 e. The maximum Gasteiger partial charge on any atom is 0.203 e. The molecular weight excluding hydrogens is 248 g/mol. The molecule has 0 aliphatic rings. The van der Waals surface area contributed by atoms with Crippen molar-refractivity contribution in [3.8, 4) is 17.2 Å². The van der Waals surface area contributed by atoms with Gasteiger partial charge >= 0.3 is 0 Å². The van der Waals surface area contributed by atoms with E-state index in [0.29, 0.717) is 29.4 Å². The first-order valence-electron chi connectivity index (χ1n) is 6.24. The van der Waals surface area contributed by atoms with Gasteiger partial charge in [-0.05, 0) is 18.6 Å². The Balaban J connectivity index is 2.99. The van der Waals surface area contributed by atoms with E-state index in [4.69, 9.17) is 18.9 Å². The Morgan fingerprint density at radius 2 is 1.74 bits per heavy atom. The summed E-state index contributed by atoms with van der Waals surface area (Å²) in [5, 5.41) is 10.1. The lowest BCUT2D eigenvalue weighted by Crippen LogP contribution is -2.10. The van der Waals surface area contributed by atoms with Crippen LogP contribution < -0.4 is 14.2 Å². The quantitative estimate of drug-likeness (QED) is 0.734. The normalized spacial score (nSPS) is 12.1. The van der Waals surface area contributed by atoms with E-state index in [0.717, 1.165) is 6.42 Å². The highest BCUT2D eigenvalue weighted by Crippen LogP contribution is 2.42. The summed E-state index contributed by atoms with van der Waals surface area (Å²) in [6, 6.07) is 3.49. The predicted molar refractivity (Wildman–Crippen MR) is 72.2 cm³/mol. The molecule has 0 saturated carbocycles. The summed E-state index contributed by atoms with van der Waals surface area (Å²) in [5.74, 6) is 1.50. The van der Waals surface area contributed by atoms with Crippen LogP contribution in [0.1, 0.15) is 25.0 Å². The molecule has 0 aliphatic carbocycles. The molecule has 1 rings (SSSR count). The Morgan fingerprint density at radius 3 is 2.26 bits per heavy atom. The van der Waals surface area contributed by atoms with E-state index in [1.165, 1.54) is 14.2 Å². The first-order chi connectivity index (χ1) is 9.19. The summed E-state index contributed by atoms with van der Waals surface area (Å²) in [7, 11) is 4.61. The van der Waals surface area contributed by atoms with E-state index >= 15 is 0 Å². The molecule has 0 saturated heterocycles. The van der Waals surface area contributed by atoms with Gasteiger partial charge in [-0.3, -0.25) is 0 Å². The minimum atomic E-state index is -0.763. The van der Waals surface area contributed by atoms with Crippen molar-refractivity contribution in [2.75, 3.05) is 34.5 Å². The zero-order valence-corrected chi connectivity index (χ0v) is 11.9. The summed E-state index contributed by atoms with van der Waals surface area (Å²) in [6.45, 7) is 2.86. The SMILES string of the molecule is CCCOCC(O)c1ccc(OC)c(OC)c1OC. The average molecular weight is 270 g/mol. The Kier molecular flexibility index (Phi) is 6.45. The zero-order chi connectivity index (χ0) is 14.3. The molecule has 1 atom stereocenters. The number of methoxy groups -OCH3 is 3. The van der Waals surface area contributed by atoms with Crippen molar-refractivity contribution < 1.29 is 24.1 Å². The number of aliphatic hydroxyl groups is 1. The van der Waals surface area contributed by atoms with E-state index in [9.17, 15) is 5.11 Å². The van der Waals surface area contributed by atoms with Gasteiger partial charge in [0.2, 0.25) is 5.75 Å². The molecular formula is C14H22O5. The van der Waals surface area contributed by atoms with Crippen LogP contribution in [0.2, 0.25) is 0 Å². The Labute approximate surface area is 114 Å². The molecule has 1 aromatic rings. The fourth-order valence-corrected chi connectivity index (χ4v) is 1.82. The second-order valence-electron chi connectivity index (χ2n) is 4.01.